The van der Waals surface area contributed by atoms with Crippen molar-refractivity contribution in [1.82, 2.24) is 5.32 Å². The minimum absolute atomic E-state index is 0.0499. The quantitative estimate of drug-likeness (QED) is 0.0196. The highest BCUT2D eigenvalue weighted by Crippen LogP contribution is 2.23. The van der Waals surface area contributed by atoms with E-state index in [4.69, 9.17) is 14.2 Å². The van der Waals surface area contributed by atoms with Crippen LogP contribution in [0, 0.1) is 0 Å². The Morgan fingerprint density at radius 2 is 0.971 bits per heavy atom. The Balaban J connectivity index is 2.08. The molecule has 0 spiro atoms. The molecule has 6 N–H and O–H groups in total. The van der Waals surface area contributed by atoms with Gasteiger partial charge in [0.05, 0.1) is 32.0 Å². The molecule has 1 amide bonds. The van der Waals surface area contributed by atoms with Crippen molar-refractivity contribution in [3.63, 3.8) is 0 Å². The molecular formula is C59H107NO10. The van der Waals surface area contributed by atoms with E-state index >= 15 is 0 Å². The van der Waals surface area contributed by atoms with Gasteiger partial charge in [-0.25, -0.2) is 0 Å². The highest BCUT2D eigenvalue weighted by Gasteiger charge is 2.44. The minimum Gasteiger partial charge on any atom is -0.465 e. The summed E-state index contributed by atoms with van der Waals surface area (Å²) in [4.78, 5) is 25.0. The maximum atomic E-state index is 13.0. The van der Waals surface area contributed by atoms with Gasteiger partial charge in [0.2, 0.25) is 5.91 Å². The van der Waals surface area contributed by atoms with Crippen LogP contribution in [0.2, 0.25) is 0 Å². The number of esters is 1. The lowest BCUT2D eigenvalue weighted by Gasteiger charge is -2.40. The molecule has 1 aliphatic rings. The first-order chi connectivity index (χ1) is 34.2. The fourth-order valence-electron chi connectivity index (χ4n) is 8.82. The Morgan fingerprint density at radius 3 is 1.51 bits per heavy atom. The van der Waals surface area contributed by atoms with Crippen molar-refractivity contribution in [3.05, 3.63) is 48.6 Å². The van der Waals surface area contributed by atoms with Crippen LogP contribution in [0.5, 0.6) is 0 Å². The highest BCUT2D eigenvalue weighted by atomic mass is 16.7. The fourth-order valence-corrected chi connectivity index (χ4v) is 8.82. The van der Waals surface area contributed by atoms with E-state index in [1.807, 2.05) is 6.08 Å². The number of rotatable bonds is 49. The van der Waals surface area contributed by atoms with Crippen LogP contribution in [0.15, 0.2) is 48.6 Å². The van der Waals surface area contributed by atoms with E-state index in [9.17, 15) is 35.1 Å². The number of allylic oxidation sites excluding steroid dienone is 6. The first-order valence-electron chi connectivity index (χ1n) is 28.9. The van der Waals surface area contributed by atoms with E-state index in [2.05, 4.69) is 55.6 Å². The summed E-state index contributed by atoms with van der Waals surface area (Å²) in [7, 11) is 0. The molecule has 11 heteroatoms. The summed E-state index contributed by atoms with van der Waals surface area (Å²) in [6.45, 7) is 4.17. The first kappa shape index (κ1) is 65.6. The lowest BCUT2D eigenvalue weighted by atomic mass is 9.99. The maximum absolute atomic E-state index is 13.0. The molecule has 0 radical (unpaired) electrons. The molecule has 1 aliphatic heterocycles. The van der Waals surface area contributed by atoms with Gasteiger partial charge in [-0.2, -0.15) is 0 Å². The summed E-state index contributed by atoms with van der Waals surface area (Å²) in [5, 5.41) is 54.2. The smallest absolute Gasteiger partial charge is 0.305 e. The van der Waals surface area contributed by atoms with Crippen LogP contribution >= 0.6 is 0 Å². The molecule has 0 saturated carbocycles. The Morgan fingerprint density at radius 1 is 0.529 bits per heavy atom. The van der Waals surface area contributed by atoms with E-state index in [1.165, 1.54) is 148 Å². The number of aliphatic hydroxyl groups is 5. The van der Waals surface area contributed by atoms with Gasteiger partial charge in [-0.15, -0.1) is 0 Å². The molecule has 11 nitrogen and oxygen atoms in total. The fraction of sp³-hybridized carbons (Fsp3) is 0.831. The minimum atomic E-state index is -1.58. The van der Waals surface area contributed by atoms with Gasteiger partial charge >= 0.3 is 5.97 Å². The van der Waals surface area contributed by atoms with Crippen molar-refractivity contribution in [2.75, 3.05) is 19.8 Å². The summed E-state index contributed by atoms with van der Waals surface area (Å²) < 4.78 is 16.6. The van der Waals surface area contributed by atoms with E-state index in [-0.39, 0.29) is 18.5 Å². The molecule has 0 aromatic rings. The average Bonchev–Trinajstić information content (AvgIpc) is 3.36. The van der Waals surface area contributed by atoms with Crippen LogP contribution in [0.3, 0.4) is 0 Å². The van der Waals surface area contributed by atoms with Gasteiger partial charge in [0.1, 0.15) is 24.4 Å². The maximum Gasteiger partial charge on any atom is 0.305 e. The topological polar surface area (TPSA) is 175 Å². The van der Waals surface area contributed by atoms with Crippen LogP contribution in [0.25, 0.3) is 0 Å². The zero-order valence-corrected chi connectivity index (χ0v) is 44.7. The van der Waals surface area contributed by atoms with Gasteiger partial charge in [0.25, 0.3) is 0 Å². The van der Waals surface area contributed by atoms with Crippen LogP contribution in [-0.4, -0.2) is 100 Å². The molecule has 0 aromatic heterocycles. The number of carbonyl (C=O) groups is 2. The molecule has 1 fully saturated rings. The molecule has 0 aromatic carbocycles. The van der Waals surface area contributed by atoms with Gasteiger partial charge in [0, 0.05) is 12.8 Å². The molecule has 7 atom stereocenters. The molecule has 1 heterocycles. The van der Waals surface area contributed by atoms with Gasteiger partial charge in [0.15, 0.2) is 6.29 Å². The summed E-state index contributed by atoms with van der Waals surface area (Å²) >= 11 is 0. The van der Waals surface area contributed by atoms with Crippen molar-refractivity contribution in [2.24, 2.45) is 0 Å². The number of amides is 1. The van der Waals surface area contributed by atoms with Gasteiger partial charge in [-0.1, -0.05) is 223 Å². The van der Waals surface area contributed by atoms with Crippen LogP contribution < -0.4 is 5.32 Å². The van der Waals surface area contributed by atoms with E-state index in [0.717, 1.165) is 77.0 Å². The highest BCUT2D eigenvalue weighted by molar-refractivity contribution is 5.76. The normalized spacial score (nSPS) is 19.6. The largest absolute Gasteiger partial charge is 0.465 e. The number of hydrogen-bond donors (Lipinski definition) is 6. The number of carbonyl (C=O) groups excluding carboxylic acids is 2. The zero-order chi connectivity index (χ0) is 51.0. The lowest BCUT2D eigenvalue weighted by molar-refractivity contribution is -0.302. The third kappa shape index (κ3) is 38.3. The second kappa shape index (κ2) is 48.9. The molecule has 0 aliphatic carbocycles. The summed E-state index contributed by atoms with van der Waals surface area (Å²) in [5.74, 6) is -0.249. The molecular weight excluding hydrogens is 883 g/mol. The Labute approximate surface area is 427 Å². The summed E-state index contributed by atoms with van der Waals surface area (Å²) in [6.07, 6.45) is 50.9. The van der Waals surface area contributed by atoms with Crippen molar-refractivity contribution >= 4 is 11.9 Å². The Kier molecular flexibility index (Phi) is 45.8. The number of nitrogens with one attached hydrogen (secondary N) is 1. The van der Waals surface area contributed by atoms with Crippen molar-refractivity contribution in [2.45, 2.75) is 294 Å². The number of hydrogen-bond acceptors (Lipinski definition) is 10. The molecule has 408 valence electrons. The average molecular weight is 991 g/mol. The summed E-state index contributed by atoms with van der Waals surface area (Å²) in [6, 6.07) is -0.830. The van der Waals surface area contributed by atoms with Crippen molar-refractivity contribution in [1.29, 1.82) is 0 Å². The SMILES string of the molecule is CCCCCC/C=C/CC/C=C/C(O)C(COC1OC(CO)C(O)C(O)C1O)NC(=O)CCCCCCCCCCCCCCCC/C=C\C/C=C\CCOC(=O)CCCCCCCCCCCCC. The second-order valence-corrected chi connectivity index (χ2v) is 20.0. The third-order valence-electron chi connectivity index (χ3n) is 13.4. The van der Waals surface area contributed by atoms with Gasteiger partial charge in [-0.05, 0) is 64.2 Å². The monoisotopic (exact) mass is 990 g/mol. The van der Waals surface area contributed by atoms with Gasteiger partial charge in [-0.3, -0.25) is 9.59 Å². The summed E-state index contributed by atoms with van der Waals surface area (Å²) in [5.41, 5.74) is 0. The van der Waals surface area contributed by atoms with E-state index in [1.54, 1.807) is 6.08 Å². The molecule has 1 saturated heterocycles. The van der Waals surface area contributed by atoms with Crippen LogP contribution in [0.1, 0.15) is 251 Å². The van der Waals surface area contributed by atoms with Crippen LogP contribution in [-0.2, 0) is 23.8 Å². The predicted octanol–water partition coefficient (Wildman–Crippen LogP) is 12.9. The molecule has 0 bridgehead atoms. The number of unbranched alkanes of at least 4 members (excludes halogenated alkanes) is 29. The van der Waals surface area contributed by atoms with E-state index < -0.39 is 49.5 Å². The predicted molar refractivity (Wildman–Crippen MR) is 287 cm³/mol. The molecule has 1 rings (SSSR count). The standard InChI is InChI=1S/C59H107NO10/c1-3-5-7-9-11-13-26-31-35-39-43-47-55(64)68-48-44-40-36-32-28-25-23-21-19-17-15-16-18-20-22-24-27-30-34-38-42-46-54(63)60-51(50-69-59-58(67)57(66)56(65)53(49-61)70-59)52(62)45-41-37-33-29-14-12-10-8-6-4-2/h14,25,28-29,36,40-41,45,51-53,56-59,61-62,65-67H,3-13,15-24,26-27,30-35,37-39,42-44,46-50H2,1-2H3,(H,60,63)/b28-25-,29-14+,40-36-,45-41+. The Hall–Kier alpha value is -2.38. The first-order valence-corrected chi connectivity index (χ1v) is 28.9. The van der Waals surface area contributed by atoms with Crippen molar-refractivity contribution < 1.29 is 49.3 Å². The zero-order valence-electron chi connectivity index (χ0n) is 44.7. The second-order valence-electron chi connectivity index (χ2n) is 20.0. The van der Waals surface area contributed by atoms with Crippen molar-refractivity contribution in [3.8, 4) is 0 Å². The third-order valence-corrected chi connectivity index (χ3v) is 13.4. The van der Waals surface area contributed by atoms with Gasteiger partial charge < -0.3 is 45.1 Å². The number of aliphatic hydroxyl groups excluding tert-OH is 5. The number of ether oxygens (including phenoxy) is 3. The molecule has 7 unspecified atom stereocenters. The Bertz CT molecular complexity index is 1300. The van der Waals surface area contributed by atoms with E-state index in [0.29, 0.717) is 19.4 Å². The molecule has 70 heavy (non-hydrogen) atoms. The van der Waals surface area contributed by atoms with Crippen LogP contribution in [0.4, 0.5) is 0 Å². The lowest BCUT2D eigenvalue weighted by Crippen LogP contribution is -2.60.